The zero-order valence-corrected chi connectivity index (χ0v) is 15.9. The fourth-order valence-electron chi connectivity index (χ4n) is 4.13. The largest absolute Gasteiger partial charge is 0.496 e. The van der Waals surface area contributed by atoms with Crippen molar-refractivity contribution in [2.45, 2.75) is 46.2 Å². The summed E-state index contributed by atoms with van der Waals surface area (Å²) in [5.74, 6) is 1.76. The number of benzene rings is 1. The molecule has 1 saturated heterocycles. The SMILES string of the molecule is C=C/C=C(\C)C1CC(C)CCN1Cc1c(OC)cc(C)c2[nH]ccc12. The third kappa shape index (κ3) is 3.52. The van der Waals surface area contributed by atoms with Crippen molar-refractivity contribution in [2.75, 3.05) is 13.7 Å². The number of aromatic amines is 1. The molecule has 1 aliphatic rings. The predicted molar refractivity (Wildman–Crippen MR) is 106 cm³/mol. The Labute approximate surface area is 151 Å². The molecule has 3 rings (SSSR count). The van der Waals surface area contributed by atoms with Gasteiger partial charge in [0, 0.05) is 35.2 Å². The van der Waals surface area contributed by atoms with Gasteiger partial charge in [0.25, 0.3) is 0 Å². The molecule has 3 heteroatoms. The molecule has 2 atom stereocenters. The van der Waals surface area contributed by atoms with Crippen molar-refractivity contribution < 1.29 is 4.74 Å². The van der Waals surface area contributed by atoms with Crippen LogP contribution in [0.5, 0.6) is 5.75 Å². The van der Waals surface area contributed by atoms with Gasteiger partial charge < -0.3 is 9.72 Å². The van der Waals surface area contributed by atoms with Gasteiger partial charge in [-0.2, -0.15) is 0 Å². The number of aromatic nitrogens is 1. The van der Waals surface area contributed by atoms with Crippen LogP contribution in [0.25, 0.3) is 10.9 Å². The minimum atomic E-state index is 0.474. The zero-order chi connectivity index (χ0) is 18.0. The number of hydrogen-bond acceptors (Lipinski definition) is 2. The lowest BCUT2D eigenvalue weighted by Gasteiger charge is -2.39. The van der Waals surface area contributed by atoms with E-state index in [1.165, 1.54) is 40.4 Å². The van der Waals surface area contributed by atoms with Crippen molar-refractivity contribution in [3.63, 3.8) is 0 Å². The molecule has 1 N–H and O–H groups in total. The second kappa shape index (κ2) is 7.49. The van der Waals surface area contributed by atoms with Crippen molar-refractivity contribution in [3.8, 4) is 5.75 Å². The molecule has 1 fully saturated rings. The predicted octanol–water partition coefficient (Wildman–Crippen LogP) is 5.22. The van der Waals surface area contributed by atoms with Gasteiger partial charge >= 0.3 is 0 Å². The van der Waals surface area contributed by atoms with E-state index in [4.69, 9.17) is 4.74 Å². The lowest BCUT2D eigenvalue weighted by Crippen LogP contribution is -2.42. The number of allylic oxidation sites excluding steroid dienone is 2. The Morgan fingerprint density at radius 3 is 3.00 bits per heavy atom. The lowest BCUT2D eigenvalue weighted by atomic mass is 9.88. The van der Waals surface area contributed by atoms with E-state index in [1.54, 1.807) is 7.11 Å². The highest BCUT2D eigenvalue weighted by atomic mass is 16.5. The average molecular weight is 338 g/mol. The Morgan fingerprint density at radius 2 is 2.28 bits per heavy atom. The average Bonchev–Trinajstić information content (AvgIpc) is 3.09. The first kappa shape index (κ1) is 17.8. The molecule has 0 spiro atoms. The fourth-order valence-corrected chi connectivity index (χ4v) is 4.13. The van der Waals surface area contributed by atoms with Crippen LogP contribution in [0.1, 0.15) is 37.8 Å². The number of H-pyrrole nitrogens is 1. The first-order chi connectivity index (χ1) is 12.0. The van der Waals surface area contributed by atoms with Crippen LogP contribution in [0, 0.1) is 12.8 Å². The molecule has 1 aliphatic heterocycles. The lowest BCUT2D eigenvalue weighted by molar-refractivity contribution is 0.132. The number of likely N-dealkylation sites (tertiary alicyclic amines) is 1. The van der Waals surface area contributed by atoms with Crippen molar-refractivity contribution in [1.82, 2.24) is 9.88 Å². The van der Waals surface area contributed by atoms with Gasteiger partial charge in [-0.3, -0.25) is 4.90 Å². The molecular weight excluding hydrogens is 308 g/mol. The third-order valence-electron chi connectivity index (χ3n) is 5.57. The quantitative estimate of drug-likeness (QED) is 0.757. The molecule has 0 radical (unpaired) electrons. The smallest absolute Gasteiger partial charge is 0.124 e. The third-order valence-corrected chi connectivity index (χ3v) is 5.57. The number of nitrogens with zero attached hydrogens (tertiary/aromatic N) is 1. The second-order valence-electron chi connectivity index (χ2n) is 7.40. The minimum absolute atomic E-state index is 0.474. The van der Waals surface area contributed by atoms with E-state index in [0.29, 0.717) is 6.04 Å². The summed E-state index contributed by atoms with van der Waals surface area (Å²) >= 11 is 0. The molecule has 0 aliphatic carbocycles. The summed E-state index contributed by atoms with van der Waals surface area (Å²) in [6, 6.07) is 4.80. The van der Waals surface area contributed by atoms with Crippen molar-refractivity contribution in [1.29, 1.82) is 0 Å². The summed E-state index contributed by atoms with van der Waals surface area (Å²) in [4.78, 5) is 5.99. The minimum Gasteiger partial charge on any atom is -0.496 e. The molecular formula is C22H30N2O. The van der Waals surface area contributed by atoms with E-state index < -0.39 is 0 Å². The number of piperidine rings is 1. The van der Waals surface area contributed by atoms with Crippen molar-refractivity contribution in [2.24, 2.45) is 5.92 Å². The van der Waals surface area contributed by atoms with Crippen LogP contribution in [0.4, 0.5) is 0 Å². The number of fused-ring (bicyclic) bond motifs is 1. The molecule has 1 aromatic carbocycles. The van der Waals surface area contributed by atoms with Crippen LogP contribution in [-0.2, 0) is 6.54 Å². The van der Waals surface area contributed by atoms with Crippen LogP contribution in [-0.4, -0.2) is 29.6 Å². The van der Waals surface area contributed by atoms with Crippen LogP contribution in [0.15, 0.2) is 42.6 Å². The highest BCUT2D eigenvalue weighted by Crippen LogP contribution is 2.35. The van der Waals surface area contributed by atoms with Gasteiger partial charge in [0.05, 0.1) is 7.11 Å². The van der Waals surface area contributed by atoms with E-state index >= 15 is 0 Å². The van der Waals surface area contributed by atoms with Gasteiger partial charge in [-0.1, -0.05) is 31.2 Å². The summed E-state index contributed by atoms with van der Waals surface area (Å²) in [5.41, 5.74) is 5.14. The van der Waals surface area contributed by atoms with Crippen LogP contribution >= 0.6 is 0 Å². The van der Waals surface area contributed by atoms with Crippen molar-refractivity contribution in [3.05, 3.63) is 53.8 Å². The summed E-state index contributed by atoms with van der Waals surface area (Å²) in [6.45, 7) is 12.6. The Balaban J connectivity index is 1.98. The van der Waals surface area contributed by atoms with Gasteiger partial charge in [-0.15, -0.1) is 0 Å². The molecule has 2 aromatic rings. The normalized spacial score (nSPS) is 22.3. The van der Waals surface area contributed by atoms with Gasteiger partial charge in [0.1, 0.15) is 5.75 Å². The molecule has 3 nitrogen and oxygen atoms in total. The van der Waals surface area contributed by atoms with Crippen LogP contribution in [0.2, 0.25) is 0 Å². The summed E-state index contributed by atoms with van der Waals surface area (Å²) < 4.78 is 5.74. The maximum absolute atomic E-state index is 5.74. The topological polar surface area (TPSA) is 28.3 Å². The van der Waals surface area contributed by atoms with Gasteiger partial charge in [-0.25, -0.2) is 0 Å². The first-order valence-corrected chi connectivity index (χ1v) is 9.22. The molecule has 134 valence electrons. The Bertz CT molecular complexity index is 787. The number of methoxy groups -OCH3 is 1. The molecule has 0 bridgehead atoms. The zero-order valence-electron chi connectivity index (χ0n) is 15.9. The molecule has 2 heterocycles. The Morgan fingerprint density at radius 1 is 1.48 bits per heavy atom. The molecule has 2 unspecified atom stereocenters. The van der Waals surface area contributed by atoms with Gasteiger partial charge in [0.2, 0.25) is 0 Å². The van der Waals surface area contributed by atoms with Crippen LogP contribution in [0.3, 0.4) is 0 Å². The maximum Gasteiger partial charge on any atom is 0.124 e. The first-order valence-electron chi connectivity index (χ1n) is 9.22. The van der Waals surface area contributed by atoms with Crippen molar-refractivity contribution >= 4 is 10.9 Å². The fraction of sp³-hybridized carbons (Fsp3) is 0.455. The number of hydrogen-bond donors (Lipinski definition) is 1. The summed E-state index contributed by atoms with van der Waals surface area (Å²) in [6.07, 6.45) is 8.56. The van der Waals surface area contributed by atoms with Crippen LogP contribution < -0.4 is 4.74 Å². The van der Waals surface area contributed by atoms with Gasteiger partial charge in [0.15, 0.2) is 0 Å². The molecule has 25 heavy (non-hydrogen) atoms. The Hall–Kier alpha value is -2.00. The van der Waals surface area contributed by atoms with Gasteiger partial charge in [-0.05, 0) is 56.8 Å². The second-order valence-corrected chi connectivity index (χ2v) is 7.40. The molecule has 1 aromatic heterocycles. The number of aryl methyl sites for hydroxylation is 1. The molecule has 0 amide bonds. The highest BCUT2D eigenvalue weighted by Gasteiger charge is 2.28. The van der Waals surface area contributed by atoms with E-state index in [-0.39, 0.29) is 0 Å². The number of ether oxygens (including phenoxy) is 1. The number of rotatable bonds is 5. The van der Waals surface area contributed by atoms with E-state index in [0.717, 1.165) is 24.8 Å². The highest BCUT2D eigenvalue weighted by molar-refractivity contribution is 5.88. The monoisotopic (exact) mass is 338 g/mol. The Kier molecular flexibility index (Phi) is 5.33. The maximum atomic E-state index is 5.74. The summed E-state index contributed by atoms with van der Waals surface area (Å²) in [7, 11) is 1.77. The van der Waals surface area contributed by atoms with E-state index in [1.807, 2.05) is 12.3 Å². The van der Waals surface area contributed by atoms with E-state index in [2.05, 4.69) is 55.4 Å². The standard InChI is InChI=1S/C22H30N2O/c1-6-7-16(3)20-12-15(2)9-11-24(20)14-19-18-8-10-23-22(18)17(4)13-21(19)25-5/h6-8,10,13,15,20,23H,1,9,11-12,14H2,2-5H3/b16-7+. The van der Waals surface area contributed by atoms with E-state index in [9.17, 15) is 0 Å². The molecule has 0 saturated carbocycles. The number of nitrogens with one attached hydrogen (secondary N) is 1. The summed E-state index contributed by atoms with van der Waals surface area (Å²) in [5, 5.41) is 1.28.